The second kappa shape index (κ2) is 10.0. The maximum Gasteiger partial charge on any atom is 0.0832 e. The molecule has 0 aliphatic rings. The average molecular weight is 312 g/mol. The predicted octanol–water partition coefficient (Wildman–Crippen LogP) is 4.33. The number of rotatable bonds is 4. The van der Waals surface area contributed by atoms with Crippen molar-refractivity contribution in [2.24, 2.45) is 10.8 Å². The van der Waals surface area contributed by atoms with Gasteiger partial charge < -0.3 is 0 Å². The normalized spacial score (nSPS) is 11.8. The molecule has 0 aromatic rings. The Bertz CT molecular complexity index is 139. The zero-order valence-corrected chi connectivity index (χ0v) is 13.8. The van der Waals surface area contributed by atoms with Gasteiger partial charge in [-0.3, -0.25) is 0 Å². The van der Waals surface area contributed by atoms with Crippen molar-refractivity contribution < 1.29 is 28.2 Å². The van der Waals surface area contributed by atoms with Crippen LogP contribution in [0.15, 0.2) is 0 Å². The summed E-state index contributed by atoms with van der Waals surface area (Å²) >= 11 is 8.16. The Kier molecular flexibility index (Phi) is 12.1. The molecule has 0 bridgehead atoms. The SMILES string of the molecule is CC(C)(C)C[O][V][O]CC(C)(C)C.ClOCl. The van der Waals surface area contributed by atoms with Crippen LogP contribution in [-0.2, 0) is 28.2 Å². The van der Waals surface area contributed by atoms with Crippen LogP contribution in [0.1, 0.15) is 41.5 Å². The predicted molar refractivity (Wildman–Crippen MR) is 63.6 cm³/mol. The second-order valence-electron chi connectivity index (χ2n) is 5.80. The standard InChI is InChI=1S/2C5H11O.Cl2O.V/c2*1-5(2,3)4-6;1-3-2;/h2*4H2,1-3H3;;/q2*-1;;+2. The fourth-order valence-corrected chi connectivity index (χ4v) is 1.97. The van der Waals surface area contributed by atoms with E-state index in [0.717, 1.165) is 13.2 Å². The van der Waals surface area contributed by atoms with Gasteiger partial charge in [-0.25, -0.2) is 0 Å². The van der Waals surface area contributed by atoms with Gasteiger partial charge in [-0.05, 0) is 0 Å². The molecule has 0 amide bonds. The molecular formula is C10H22Cl2O3V. The fourth-order valence-electron chi connectivity index (χ4n) is 0.477. The molecule has 16 heavy (non-hydrogen) atoms. The van der Waals surface area contributed by atoms with Crippen molar-refractivity contribution >= 4 is 23.7 Å². The first kappa shape index (κ1) is 19.4. The fraction of sp³-hybridized carbons (Fsp3) is 1.00. The zero-order chi connectivity index (χ0) is 13.2. The number of hydrogen-bond donors (Lipinski definition) is 0. The van der Waals surface area contributed by atoms with Gasteiger partial charge in [-0.1, -0.05) is 0 Å². The van der Waals surface area contributed by atoms with Crippen LogP contribution in [-0.4, -0.2) is 13.2 Å². The van der Waals surface area contributed by atoms with E-state index in [1.807, 2.05) is 0 Å². The summed E-state index contributed by atoms with van der Waals surface area (Å²) < 4.78 is 14.1. The third kappa shape index (κ3) is 24.3. The van der Waals surface area contributed by atoms with E-state index in [4.69, 9.17) is 7.32 Å². The Balaban J connectivity index is 0. The molecule has 3 nitrogen and oxygen atoms in total. The molecule has 0 rings (SSSR count). The molecule has 0 heterocycles. The van der Waals surface area contributed by atoms with Gasteiger partial charge in [0.25, 0.3) is 0 Å². The zero-order valence-electron chi connectivity index (χ0n) is 10.8. The summed E-state index contributed by atoms with van der Waals surface area (Å²) in [6.45, 7) is 14.6. The number of halogens is 2. The molecule has 0 N–H and O–H groups in total. The molecule has 6 heteroatoms. The van der Waals surface area contributed by atoms with Gasteiger partial charge in [0.05, 0.1) is 23.7 Å². The largest absolute Gasteiger partial charge is 0.166 e. The van der Waals surface area contributed by atoms with E-state index in [1.165, 1.54) is 0 Å². The maximum atomic E-state index is 5.46. The van der Waals surface area contributed by atoms with E-state index < -0.39 is 0 Å². The van der Waals surface area contributed by atoms with Crippen molar-refractivity contribution in [3.8, 4) is 0 Å². The molecule has 0 aromatic heterocycles. The van der Waals surface area contributed by atoms with E-state index >= 15 is 0 Å². The van der Waals surface area contributed by atoms with Gasteiger partial charge in [0.2, 0.25) is 0 Å². The minimum absolute atomic E-state index is 0.251. The van der Waals surface area contributed by atoms with E-state index in [1.54, 1.807) is 0 Å². The molecule has 0 saturated carbocycles. The van der Waals surface area contributed by atoms with Crippen LogP contribution in [0.2, 0.25) is 0 Å². The van der Waals surface area contributed by atoms with Crippen LogP contribution < -0.4 is 0 Å². The summed E-state index contributed by atoms with van der Waals surface area (Å²) in [7, 11) is 0. The van der Waals surface area contributed by atoms with E-state index in [0.29, 0.717) is 0 Å². The molecule has 0 unspecified atom stereocenters. The Hall–Kier alpha value is 1.04. The molecule has 99 valence electrons. The summed E-state index contributed by atoms with van der Waals surface area (Å²) in [6.07, 6.45) is 0. The maximum absolute atomic E-state index is 5.46. The molecule has 0 aliphatic carbocycles. The smallest absolute Gasteiger partial charge is 0.0832 e. The second-order valence-corrected chi connectivity index (χ2v) is 7.31. The summed E-state index contributed by atoms with van der Waals surface area (Å²) in [5.41, 5.74) is 0.501. The van der Waals surface area contributed by atoms with Crippen LogP contribution in [0.5, 0.6) is 0 Å². The minimum Gasteiger partial charge on any atom is -0.166 e. The molecule has 0 atom stereocenters. The van der Waals surface area contributed by atoms with E-state index in [-0.39, 0.29) is 27.8 Å². The molecule has 0 aliphatic heterocycles. The monoisotopic (exact) mass is 311 g/mol. The Labute approximate surface area is 117 Å². The van der Waals surface area contributed by atoms with Gasteiger partial charge in [0.1, 0.15) is 0 Å². The Morgan fingerprint density at radius 3 is 1.25 bits per heavy atom. The van der Waals surface area contributed by atoms with Gasteiger partial charge in [0, 0.05) is 0 Å². The van der Waals surface area contributed by atoms with Crippen molar-refractivity contribution in [1.82, 2.24) is 0 Å². The van der Waals surface area contributed by atoms with E-state index in [9.17, 15) is 0 Å². The quantitative estimate of drug-likeness (QED) is 0.723. The first-order valence-corrected chi connectivity index (χ1v) is 6.72. The molecule has 0 fully saturated rings. The van der Waals surface area contributed by atoms with Crippen molar-refractivity contribution in [2.75, 3.05) is 13.2 Å². The summed E-state index contributed by atoms with van der Waals surface area (Å²) in [5, 5.41) is 0. The molecule has 0 radical (unpaired) electrons. The van der Waals surface area contributed by atoms with Gasteiger partial charge >= 0.3 is 89.9 Å². The van der Waals surface area contributed by atoms with Gasteiger partial charge in [-0.15, -0.1) is 0 Å². The van der Waals surface area contributed by atoms with Gasteiger partial charge in [0.15, 0.2) is 0 Å². The van der Waals surface area contributed by atoms with Crippen LogP contribution >= 0.6 is 23.7 Å². The minimum atomic E-state index is -0.371. The first-order chi connectivity index (χ1) is 7.12. The van der Waals surface area contributed by atoms with Crippen molar-refractivity contribution in [1.29, 1.82) is 0 Å². The summed E-state index contributed by atoms with van der Waals surface area (Å²) in [5.74, 6) is 0. The molecular weight excluding hydrogens is 290 g/mol. The Morgan fingerprint density at radius 2 is 1.06 bits per heavy atom. The molecule has 0 aromatic carbocycles. The average Bonchev–Trinajstić information content (AvgIpc) is 2.00. The third-order valence-electron chi connectivity index (χ3n) is 1.10. The van der Waals surface area contributed by atoms with Crippen LogP contribution in [0.25, 0.3) is 0 Å². The molecule has 0 saturated heterocycles. The van der Waals surface area contributed by atoms with Crippen LogP contribution in [0.4, 0.5) is 0 Å². The van der Waals surface area contributed by atoms with Crippen LogP contribution in [0, 0.1) is 10.8 Å². The van der Waals surface area contributed by atoms with Crippen molar-refractivity contribution in [3.63, 3.8) is 0 Å². The van der Waals surface area contributed by atoms with Crippen LogP contribution in [0.3, 0.4) is 0 Å². The first-order valence-electron chi connectivity index (χ1n) is 4.96. The Morgan fingerprint density at radius 1 is 0.812 bits per heavy atom. The number of hydrogen-bond acceptors (Lipinski definition) is 3. The third-order valence-corrected chi connectivity index (χ3v) is 1.83. The van der Waals surface area contributed by atoms with Gasteiger partial charge in [-0.2, -0.15) is 3.84 Å². The van der Waals surface area contributed by atoms with E-state index in [2.05, 4.69) is 69.1 Å². The van der Waals surface area contributed by atoms with Crippen molar-refractivity contribution in [2.45, 2.75) is 41.5 Å². The molecule has 0 spiro atoms. The topological polar surface area (TPSA) is 27.7 Å². The van der Waals surface area contributed by atoms with Crippen molar-refractivity contribution in [3.05, 3.63) is 0 Å². The summed E-state index contributed by atoms with van der Waals surface area (Å²) in [4.78, 5) is 0. The summed E-state index contributed by atoms with van der Waals surface area (Å²) in [6, 6.07) is 0.